The lowest BCUT2D eigenvalue weighted by Gasteiger charge is -2.03. The van der Waals surface area contributed by atoms with Gasteiger partial charge in [-0.25, -0.2) is 4.79 Å². The number of nitrogens with zero attached hydrogens (tertiary/aromatic N) is 2. The number of carbonyl (C=O) groups excluding carboxylic acids is 1. The zero-order valence-electron chi connectivity index (χ0n) is 9.52. The van der Waals surface area contributed by atoms with Crippen molar-refractivity contribution in [1.82, 2.24) is 9.78 Å². The second-order valence-corrected chi connectivity index (χ2v) is 3.64. The van der Waals surface area contributed by atoms with Crippen molar-refractivity contribution in [2.24, 2.45) is 0 Å². The van der Waals surface area contributed by atoms with Crippen LogP contribution in [0.4, 0.5) is 4.39 Å². The van der Waals surface area contributed by atoms with Crippen LogP contribution in [-0.2, 0) is 11.3 Å². The first-order chi connectivity index (χ1) is 8.27. The van der Waals surface area contributed by atoms with Gasteiger partial charge in [-0.15, -0.1) is 0 Å². The summed E-state index contributed by atoms with van der Waals surface area (Å²) in [5, 5.41) is 4.89. The number of hydrogen-bond donors (Lipinski definition) is 0. The lowest BCUT2D eigenvalue weighted by atomic mass is 10.1. The molecule has 0 amide bonds. The van der Waals surface area contributed by atoms with Crippen molar-refractivity contribution in [3.05, 3.63) is 30.0 Å². The summed E-state index contributed by atoms with van der Waals surface area (Å²) >= 11 is 0. The van der Waals surface area contributed by atoms with Crippen LogP contribution in [0.2, 0.25) is 0 Å². The molecule has 1 aromatic carbocycles. The van der Waals surface area contributed by atoms with Gasteiger partial charge in [-0.1, -0.05) is 6.07 Å². The molecule has 0 saturated carbocycles. The third kappa shape index (κ3) is 2.13. The first-order valence-electron chi connectivity index (χ1n) is 5.36. The number of aromatic nitrogens is 2. The Labute approximate surface area is 98.0 Å². The number of alkyl halides is 1. The third-order valence-corrected chi connectivity index (χ3v) is 2.60. The first kappa shape index (κ1) is 11.6. The van der Waals surface area contributed by atoms with Crippen molar-refractivity contribution in [3.8, 4) is 0 Å². The van der Waals surface area contributed by atoms with Crippen molar-refractivity contribution in [2.45, 2.75) is 13.0 Å². The van der Waals surface area contributed by atoms with Crippen molar-refractivity contribution >= 4 is 16.9 Å². The predicted octanol–water partition coefficient (Wildman–Crippen LogP) is 2.18. The van der Waals surface area contributed by atoms with Crippen molar-refractivity contribution in [2.75, 3.05) is 13.8 Å². The van der Waals surface area contributed by atoms with Gasteiger partial charge >= 0.3 is 5.97 Å². The zero-order valence-corrected chi connectivity index (χ0v) is 9.52. The average Bonchev–Trinajstić information content (AvgIpc) is 2.78. The number of aryl methyl sites for hydroxylation is 1. The van der Waals surface area contributed by atoms with E-state index in [1.165, 1.54) is 7.11 Å². The molecule has 0 unspecified atom stereocenters. The number of hydrogen-bond acceptors (Lipinski definition) is 3. The van der Waals surface area contributed by atoms with Crippen molar-refractivity contribution < 1.29 is 13.9 Å². The number of carbonyl (C=O) groups is 1. The second-order valence-electron chi connectivity index (χ2n) is 3.64. The third-order valence-electron chi connectivity index (χ3n) is 2.60. The highest BCUT2D eigenvalue weighted by molar-refractivity contribution is 6.03. The van der Waals surface area contributed by atoms with Crippen LogP contribution < -0.4 is 0 Å². The first-order valence-corrected chi connectivity index (χ1v) is 5.36. The Balaban J connectivity index is 2.45. The molecule has 17 heavy (non-hydrogen) atoms. The Bertz CT molecular complexity index is 536. The number of ether oxygens (including phenoxy) is 1. The lowest BCUT2D eigenvalue weighted by molar-refractivity contribution is 0.0603. The van der Waals surface area contributed by atoms with E-state index in [2.05, 4.69) is 5.10 Å². The van der Waals surface area contributed by atoms with Crippen LogP contribution in [0.25, 0.3) is 10.9 Å². The van der Waals surface area contributed by atoms with Crippen LogP contribution in [-0.4, -0.2) is 29.5 Å². The van der Waals surface area contributed by atoms with Gasteiger partial charge in [0.1, 0.15) is 0 Å². The minimum absolute atomic E-state index is 0.377. The van der Waals surface area contributed by atoms with E-state index in [1.54, 1.807) is 23.0 Å². The number of esters is 1. The van der Waals surface area contributed by atoms with Gasteiger partial charge < -0.3 is 4.74 Å². The number of halogens is 1. The number of methoxy groups -OCH3 is 1. The molecular weight excluding hydrogens is 223 g/mol. The number of fused-ring (bicyclic) bond motifs is 1. The number of benzene rings is 1. The summed E-state index contributed by atoms with van der Waals surface area (Å²) in [7, 11) is 1.34. The summed E-state index contributed by atoms with van der Waals surface area (Å²) in [6.07, 6.45) is 2.03. The normalized spacial score (nSPS) is 10.7. The van der Waals surface area contributed by atoms with Crippen LogP contribution in [0.3, 0.4) is 0 Å². The molecule has 4 nitrogen and oxygen atoms in total. The summed E-state index contributed by atoms with van der Waals surface area (Å²) in [5.74, 6) is -0.388. The largest absolute Gasteiger partial charge is 0.465 e. The van der Waals surface area contributed by atoms with Gasteiger partial charge in [0.2, 0.25) is 0 Å². The Morgan fingerprint density at radius 1 is 1.53 bits per heavy atom. The average molecular weight is 236 g/mol. The van der Waals surface area contributed by atoms with Crippen molar-refractivity contribution in [3.63, 3.8) is 0 Å². The summed E-state index contributed by atoms with van der Waals surface area (Å²) < 4.78 is 18.5. The quantitative estimate of drug-likeness (QED) is 0.764. The fourth-order valence-corrected chi connectivity index (χ4v) is 1.78. The molecule has 2 aromatic rings. The summed E-state index contributed by atoms with van der Waals surface area (Å²) in [6.45, 7) is 0.128. The van der Waals surface area contributed by atoms with Gasteiger partial charge in [-0.3, -0.25) is 9.07 Å². The Morgan fingerprint density at radius 3 is 3.06 bits per heavy atom. The molecule has 2 rings (SSSR count). The molecule has 0 aliphatic carbocycles. The molecule has 0 atom stereocenters. The summed E-state index contributed by atoms with van der Waals surface area (Å²) in [6, 6.07) is 5.31. The van der Waals surface area contributed by atoms with E-state index in [4.69, 9.17) is 4.74 Å². The second kappa shape index (κ2) is 4.95. The number of rotatable bonds is 4. The van der Waals surface area contributed by atoms with E-state index >= 15 is 0 Å². The monoisotopic (exact) mass is 236 g/mol. The van der Waals surface area contributed by atoms with Crippen LogP contribution in [0.5, 0.6) is 0 Å². The Morgan fingerprint density at radius 2 is 2.35 bits per heavy atom. The van der Waals surface area contributed by atoms with E-state index in [0.717, 1.165) is 10.9 Å². The molecular formula is C12H13FN2O2. The smallest absolute Gasteiger partial charge is 0.338 e. The maximum absolute atomic E-state index is 12.1. The maximum atomic E-state index is 12.1. The highest BCUT2D eigenvalue weighted by atomic mass is 19.1. The standard InChI is InChI=1S/C12H13FN2O2/c1-17-12(16)9-4-2-5-11-10(9)8-14-15(11)7-3-6-13/h2,4-5,8H,3,6-7H2,1H3. The van der Waals surface area contributed by atoms with Gasteiger partial charge in [0, 0.05) is 11.9 Å². The van der Waals surface area contributed by atoms with Crippen molar-refractivity contribution in [1.29, 1.82) is 0 Å². The fraction of sp³-hybridized carbons (Fsp3) is 0.333. The molecule has 1 aromatic heterocycles. The SMILES string of the molecule is COC(=O)c1cccc2c1cnn2CCCF. The van der Waals surface area contributed by atoms with Gasteiger partial charge in [0.15, 0.2) is 0 Å². The minimum Gasteiger partial charge on any atom is -0.465 e. The highest BCUT2D eigenvalue weighted by Gasteiger charge is 2.12. The topological polar surface area (TPSA) is 44.1 Å². The molecule has 1 heterocycles. The molecule has 0 bridgehead atoms. The van der Waals surface area contributed by atoms with Crippen LogP contribution in [0.15, 0.2) is 24.4 Å². The van der Waals surface area contributed by atoms with E-state index in [9.17, 15) is 9.18 Å². The van der Waals surface area contributed by atoms with Crippen LogP contribution in [0, 0.1) is 0 Å². The zero-order chi connectivity index (χ0) is 12.3. The maximum Gasteiger partial charge on any atom is 0.338 e. The highest BCUT2D eigenvalue weighted by Crippen LogP contribution is 2.19. The summed E-state index contributed by atoms with van der Waals surface area (Å²) in [5.41, 5.74) is 1.30. The van der Waals surface area contributed by atoms with Crippen LogP contribution in [0.1, 0.15) is 16.8 Å². The Kier molecular flexibility index (Phi) is 3.37. The molecule has 0 aliphatic heterocycles. The molecule has 0 N–H and O–H groups in total. The summed E-state index contributed by atoms with van der Waals surface area (Å²) in [4.78, 5) is 11.5. The van der Waals surface area contributed by atoms with Crippen LogP contribution >= 0.6 is 0 Å². The van der Waals surface area contributed by atoms with Gasteiger partial charge in [-0.2, -0.15) is 5.10 Å². The molecule has 90 valence electrons. The van der Waals surface area contributed by atoms with E-state index in [1.807, 2.05) is 6.07 Å². The molecule has 5 heteroatoms. The molecule has 0 fully saturated rings. The van der Waals surface area contributed by atoms with Gasteiger partial charge in [0.05, 0.1) is 31.1 Å². The lowest BCUT2D eigenvalue weighted by Crippen LogP contribution is -2.03. The molecule has 0 spiro atoms. The fourth-order valence-electron chi connectivity index (χ4n) is 1.78. The van der Waals surface area contributed by atoms with E-state index < -0.39 is 0 Å². The molecule has 0 aliphatic rings. The Hall–Kier alpha value is -1.91. The van der Waals surface area contributed by atoms with Gasteiger partial charge in [-0.05, 0) is 18.6 Å². The van der Waals surface area contributed by atoms with E-state index in [-0.39, 0.29) is 12.6 Å². The molecule has 0 radical (unpaired) electrons. The van der Waals surface area contributed by atoms with Gasteiger partial charge in [0.25, 0.3) is 0 Å². The molecule has 0 saturated heterocycles. The predicted molar refractivity (Wildman–Crippen MR) is 61.7 cm³/mol. The van der Waals surface area contributed by atoms with E-state index in [0.29, 0.717) is 18.5 Å². The minimum atomic E-state index is -0.388.